The van der Waals surface area contributed by atoms with Crippen molar-refractivity contribution >= 4 is 15.9 Å². The van der Waals surface area contributed by atoms with Crippen LogP contribution in [0.15, 0.2) is 28.7 Å². The highest BCUT2D eigenvalue weighted by molar-refractivity contribution is 9.10. The molecule has 88 valence electrons. The average molecular weight is 282 g/mol. The van der Waals surface area contributed by atoms with E-state index in [-0.39, 0.29) is 0 Å². The van der Waals surface area contributed by atoms with E-state index in [1.54, 1.807) is 0 Å². The third kappa shape index (κ3) is 2.86. The highest BCUT2D eigenvalue weighted by atomic mass is 79.9. The number of benzene rings is 1. The second kappa shape index (κ2) is 5.83. The number of rotatable bonds is 3. The van der Waals surface area contributed by atoms with Crippen molar-refractivity contribution in [2.24, 2.45) is 11.7 Å². The third-order valence-corrected chi connectivity index (χ3v) is 4.24. The molecule has 0 heterocycles. The van der Waals surface area contributed by atoms with Crippen LogP contribution in [0.2, 0.25) is 0 Å². The molecule has 1 fully saturated rings. The summed E-state index contributed by atoms with van der Waals surface area (Å²) in [5, 5.41) is 0. The van der Waals surface area contributed by atoms with Crippen LogP contribution in [0, 0.1) is 5.92 Å². The summed E-state index contributed by atoms with van der Waals surface area (Å²) in [6.45, 7) is 0.779. The molecule has 16 heavy (non-hydrogen) atoms. The molecular formula is C14H20BrN. The maximum absolute atomic E-state index is 5.97. The number of nitrogens with two attached hydrogens (primary N) is 1. The van der Waals surface area contributed by atoms with Crippen LogP contribution in [0.5, 0.6) is 0 Å². The van der Waals surface area contributed by atoms with E-state index in [4.69, 9.17) is 5.73 Å². The second-order valence-corrected chi connectivity index (χ2v) is 5.71. The Kier molecular flexibility index (Phi) is 4.42. The van der Waals surface area contributed by atoms with Gasteiger partial charge in [-0.3, -0.25) is 0 Å². The molecule has 0 saturated heterocycles. The lowest BCUT2D eigenvalue weighted by Crippen LogP contribution is -2.23. The summed E-state index contributed by atoms with van der Waals surface area (Å²) in [6, 6.07) is 8.64. The quantitative estimate of drug-likeness (QED) is 0.888. The van der Waals surface area contributed by atoms with Crippen molar-refractivity contribution in [2.75, 3.05) is 6.54 Å². The van der Waals surface area contributed by atoms with E-state index in [1.807, 2.05) is 0 Å². The largest absolute Gasteiger partial charge is 0.330 e. The summed E-state index contributed by atoms with van der Waals surface area (Å²) in [6.07, 6.45) is 6.89. The minimum Gasteiger partial charge on any atom is -0.330 e. The standard InChI is InChI=1S/C14H20BrN/c15-13-8-4-7-12(9-13)14(10-16)11-5-2-1-3-6-11/h4,7-9,11,14H,1-3,5-6,10,16H2. The normalized spacial score (nSPS) is 19.6. The smallest absolute Gasteiger partial charge is 0.0178 e. The van der Waals surface area contributed by atoms with Crippen LogP contribution in [0.3, 0.4) is 0 Å². The Labute approximate surface area is 107 Å². The van der Waals surface area contributed by atoms with Crippen LogP contribution >= 0.6 is 15.9 Å². The van der Waals surface area contributed by atoms with Crippen LogP contribution in [0.1, 0.15) is 43.6 Å². The van der Waals surface area contributed by atoms with Gasteiger partial charge in [-0.25, -0.2) is 0 Å². The summed E-state index contributed by atoms with van der Waals surface area (Å²) < 4.78 is 1.17. The van der Waals surface area contributed by atoms with Gasteiger partial charge in [0, 0.05) is 4.47 Å². The zero-order valence-corrected chi connectivity index (χ0v) is 11.2. The summed E-state index contributed by atoms with van der Waals surface area (Å²) in [5.74, 6) is 1.35. The number of hydrogen-bond donors (Lipinski definition) is 1. The van der Waals surface area contributed by atoms with E-state index in [2.05, 4.69) is 40.2 Å². The van der Waals surface area contributed by atoms with Gasteiger partial charge in [-0.2, -0.15) is 0 Å². The molecule has 2 N–H and O–H groups in total. The summed E-state index contributed by atoms with van der Waals surface area (Å²) in [5.41, 5.74) is 7.38. The Morgan fingerprint density at radius 3 is 2.62 bits per heavy atom. The van der Waals surface area contributed by atoms with Gasteiger partial charge in [0.2, 0.25) is 0 Å². The maximum Gasteiger partial charge on any atom is 0.0178 e. The van der Waals surface area contributed by atoms with Crippen molar-refractivity contribution < 1.29 is 0 Å². The fraction of sp³-hybridized carbons (Fsp3) is 0.571. The first-order valence-electron chi connectivity index (χ1n) is 6.27. The summed E-state index contributed by atoms with van der Waals surface area (Å²) in [7, 11) is 0. The maximum atomic E-state index is 5.97. The molecule has 1 aliphatic rings. The minimum absolute atomic E-state index is 0.554. The monoisotopic (exact) mass is 281 g/mol. The first-order chi connectivity index (χ1) is 7.81. The molecule has 2 rings (SSSR count). The van der Waals surface area contributed by atoms with Gasteiger partial charge in [0.25, 0.3) is 0 Å². The molecular weight excluding hydrogens is 262 g/mol. The fourth-order valence-corrected chi connectivity index (χ4v) is 3.29. The van der Waals surface area contributed by atoms with Crippen LogP contribution in [-0.4, -0.2) is 6.54 Å². The molecule has 1 aromatic carbocycles. The molecule has 0 radical (unpaired) electrons. The van der Waals surface area contributed by atoms with Crippen molar-refractivity contribution in [3.05, 3.63) is 34.3 Å². The Hall–Kier alpha value is -0.340. The molecule has 0 spiro atoms. The topological polar surface area (TPSA) is 26.0 Å². The lowest BCUT2D eigenvalue weighted by atomic mass is 9.77. The van der Waals surface area contributed by atoms with Gasteiger partial charge in [-0.1, -0.05) is 47.3 Å². The molecule has 1 atom stereocenters. The zero-order chi connectivity index (χ0) is 11.4. The van der Waals surface area contributed by atoms with E-state index in [1.165, 1.54) is 42.1 Å². The lowest BCUT2D eigenvalue weighted by Gasteiger charge is -2.29. The molecule has 0 bridgehead atoms. The van der Waals surface area contributed by atoms with Crippen molar-refractivity contribution in [2.45, 2.75) is 38.0 Å². The van der Waals surface area contributed by atoms with Crippen molar-refractivity contribution in [1.82, 2.24) is 0 Å². The molecule has 0 amide bonds. The molecule has 0 aliphatic heterocycles. The SMILES string of the molecule is NCC(c1cccc(Br)c1)C1CCCCC1. The van der Waals surface area contributed by atoms with E-state index >= 15 is 0 Å². The van der Waals surface area contributed by atoms with Gasteiger partial charge in [0.1, 0.15) is 0 Å². The first-order valence-corrected chi connectivity index (χ1v) is 7.06. The summed E-state index contributed by atoms with van der Waals surface area (Å²) >= 11 is 3.54. The zero-order valence-electron chi connectivity index (χ0n) is 9.66. The summed E-state index contributed by atoms with van der Waals surface area (Å²) in [4.78, 5) is 0. The fourth-order valence-electron chi connectivity index (χ4n) is 2.87. The van der Waals surface area contributed by atoms with Gasteiger partial charge >= 0.3 is 0 Å². The number of halogens is 1. The van der Waals surface area contributed by atoms with Crippen LogP contribution in [0.25, 0.3) is 0 Å². The van der Waals surface area contributed by atoms with Gasteiger partial charge < -0.3 is 5.73 Å². The highest BCUT2D eigenvalue weighted by Gasteiger charge is 2.23. The predicted octanol–water partition coefficient (Wildman–Crippen LogP) is 4.07. The third-order valence-electron chi connectivity index (χ3n) is 3.75. The Balaban J connectivity index is 2.14. The van der Waals surface area contributed by atoms with Crippen molar-refractivity contribution in [3.8, 4) is 0 Å². The van der Waals surface area contributed by atoms with Gasteiger partial charge in [-0.05, 0) is 48.9 Å². The Morgan fingerprint density at radius 2 is 2.00 bits per heavy atom. The average Bonchev–Trinajstić information content (AvgIpc) is 2.31. The van der Waals surface area contributed by atoms with Crippen LogP contribution in [-0.2, 0) is 0 Å². The van der Waals surface area contributed by atoms with E-state index in [0.29, 0.717) is 5.92 Å². The molecule has 2 heteroatoms. The van der Waals surface area contributed by atoms with Crippen LogP contribution < -0.4 is 5.73 Å². The molecule has 1 nitrogen and oxygen atoms in total. The Bertz CT molecular complexity index is 331. The lowest BCUT2D eigenvalue weighted by molar-refractivity contribution is 0.307. The molecule has 1 unspecified atom stereocenters. The molecule has 1 saturated carbocycles. The predicted molar refractivity (Wildman–Crippen MR) is 72.5 cm³/mol. The minimum atomic E-state index is 0.554. The van der Waals surface area contributed by atoms with Gasteiger partial charge in [0.05, 0.1) is 0 Å². The molecule has 1 aromatic rings. The molecule has 1 aliphatic carbocycles. The van der Waals surface area contributed by atoms with Gasteiger partial charge in [0.15, 0.2) is 0 Å². The van der Waals surface area contributed by atoms with Gasteiger partial charge in [-0.15, -0.1) is 0 Å². The highest BCUT2D eigenvalue weighted by Crippen LogP contribution is 2.36. The molecule has 0 aromatic heterocycles. The second-order valence-electron chi connectivity index (χ2n) is 4.80. The number of hydrogen-bond acceptors (Lipinski definition) is 1. The van der Waals surface area contributed by atoms with Crippen molar-refractivity contribution in [3.63, 3.8) is 0 Å². The van der Waals surface area contributed by atoms with E-state index in [0.717, 1.165) is 12.5 Å². The Morgan fingerprint density at radius 1 is 1.25 bits per heavy atom. The van der Waals surface area contributed by atoms with Crippen molar-refractivity contribution in [1.29, 1.82) is 0 Å². The van der Waals surface area contributed by atoms with E-state index < -0.39 is 0 Å². The first kappa shape index (κ1) is 12.1. The van der Waals surface area contributed by atoms with E-state index in [9.17, 15) is 0 Å². The van der Waals surface area contributed by atoms with Crippen LogP contribution in [0.4, 0.5) is 0 Å².